The number of rotatable bonds is 2. The minimum atomic E-state index is 0.248. The standard InChI is InChI=1S/C12H20O2/c13-7-11-5-9-3-1-2-4-10(9)6-12(11)8-14/h1-2,9-14H,3-8H2. The summed E-state index contributed by atoms with van der Waals surface area (Å²) < 4.78 is 0. The number of fused-ring (bicyclic) bond motifs is 1. The van der Waals surface area contributed by atoms with E-state index in [0.717, 1.165) is 24.7 Å². The maximum Gasteiger partial charge on any atom is 0.0462 e. The second-order valence-corrected chi connectivity index (χ2v) is 4.82. The summed E-state index contributed by atoms with van der Waals surface area (Å²) in [7, 11) is 0. The fourth-order valence-corrected chi connectivity index (χ4v) is 3.11. The Morgan fingerprint density at radius 2 is 1.29 bits per heavy atom. The van der Waals surface area contributed by atoms with Crippen LogP contribution in [0.15, 0.2) is 12.2 Å². The predicted molar refractivity (Wildman–Crippen MR) is 55.7 cm³/mol. The van der Waals surface area contributed by atoms with Gasteiger partial charge in [-0.3, -0.25) is 0 Å². The molecule has 2 aliphatic carbocycles. The minimum Gasteiger partial charge on any atom is -0.396 e. The molecule has 14 heavy (non-hydrogen) atoms. The SMILES string of the molecule is OCC1CC2CC=CCC2CC1CO. The smallest absolute Gasteiger partial charge is 0.0462 e. The zero-order valence-corrected chi connectivity index (χ0v) is 8.60. The molecule has 0 aromatic rings. The highest BCUT2D eigenvalue weighted by Crippen LogP contribution is 2.42. The Labute approximate surface area is 85.6 Å². The van der Waals surface area contributed by atoms with Crippen molar-refractivity contribution in [3.05, 3.63) is 12.2 Å². The van der Waals surface area contributed by atoms with Crippen molar-refractivity contribution < 1.29 is 10.2 Å². The molecular formula is C12H20O2. The molecule has 0 amide bonds. The van der Waals surface area contributed by atoms with Crippen LogP contribution in [0.25, 0.3) is 0 Å². The number of hydrogen-bond acceptors (Lipinski definition) is 2. The van der Waals surface area contributed by atoms with Gasteiger partial charge in [-0.2, -0.15) is 0 Å². The summed E-state index contributed by atoms with van der Waals surface area (Å²) in [6.07, 6.45) is 9.12. The lowest BCUT2D eigenvalue weighted by Crippen LogP contribution is -2.36. The first-order valence-corrected chi connectivity index (χ1v) is 5.71. The Hall–Kier alpha value is -0.340. The van der Waals surface area contributed by atoms with Gasteiger partial charge < -0.3 is 10.2 Å². The van der Waals surface area contributed by atoms with Crippen LogP contribution in [0.4, 0.5) is 0 Å². The summed E-state index contributed by atoms with van der Waals surface area (Å²) in [6, 6.07) is 0. The van der Waals surface area contributed by atoms with Crippen LogP contribution >= 0.6 is 0 Å². The van der Waals surface area contributed by atoms with Crippen molar-refractivity contribution in [1.29, 1.82) is 0 Å². The third kappa shape index (κ3) is 1.86. The lowest BCUT2D eigenvalue weighted by atomic mass is 9.65. The largest absolute Gasteiger partial charge is 0.396 e. The minimum absolute atomic E-state index is 0.248. The van der Waals surface area contributed by atoms with Crippen LogP contribution in [0, 0.1) is 23.7 Å². The first-order chi connectivity index (χ1) is 6.85. The third-order valence-corrected chi connectivity index (χ3v) is 4.06. The molecule has 2 nitrogen and oxygen atoms in total. The highest BCUT2D eigenvalue weighted by atomic mass is 16.3. The summed E-state index contributed by atoms with van der Waals surface area (Å²) in [5.41, 5.74) is 0. The number of hydrogen-bond donors (Lipinski definition) is 2. The van der Waals surface area contributed by atoms with E-state index < -0.39 is 0 Å². The van der Waals surface area contributed by atoms with Crippen LogP contribution in [0.3, 0.4) is 0 Å². The lowest BCUT2D eigenvalue weighted by Gasteiger charge is -2.41. The summed E-state index contributed by atoms with van der Waals surface area (Å²) in [4.78, 5) is 0. The van der Waals surface area contributed by atoms with Crippen molar-refractivity contribution in [1.82, 2.24) is 0 Å². The maximum absolute atomic E-state index is 9.25. The molecule has 4 atom stereocenters. The number of aliphatic hydroxyl groups excluding tert-OH is 2. The molecule has 1 fully saturated rings. The van der Waals surface area contributed by atoms with E-state index in [1.807, 2.05) is 0 Å². The summed E-state index contributed by atoms with van der Waals surface area (Å²) >= 11 is 0. The molecule has 0 aromatic carbocycles. The molecule has 0 spiro atoms. The Morgan fingerprint density at radius 3 is 1.64 bits per heavy atom. The van der Waals surface area contributed by atoms with Gasteiger partial charge in [0.1, 0.15) is 0 Å². The van der Waals surface area contributed by atoms with Gasteiger partial charge >= 0.3 is 0 Å². The summed E-state index contributed by atoms with van der Waals surface area (Å²) in [6.45, 7) is 0.496. The molecule has 2 heteroatoms. The zero-order chi connectivity index (χ0) is 9.97. The van der Waals surface area contributed by atoms with Crippen LogP contribution in [-0.4, -0.2) is 23.4 Å². The Morgan fingerprint density at radius 1 is 0.857 bits per heavy atom. The molecule has 2 rings (SSSR count). The molecular weight excluding hydrogens is 176 g/mol. The van der Waals surface area contributed by atoms with Gasteiger partial charge in [0.05, 0.1) is 0 Å². The average molecular weight is 196 g/mol. The molecule has 0 aromatic heterocycles. The van der Waals surface area contributed by atoms with Crippen molar-refractivity contribution in [2.75, 3.05) is 13.2 Å². The quantitative estimate of drug-likeness (QED) is 0.658. The zero-order valence-electron chi connectivity index (χ0n) is 8.60. The first kappa shape index (κ1) is 10.2. The van der Waals surface area contributed by atoms with Crippen LogP contribution in [0.2, 0.25) is 0 Å². The van der Waals surface area contributed by atoms with E-state index in [0.29, 0.717) is 11.8 Å². The van der Waals surface area contributed by atoms with Crippen molar-refractivity contribution in [2.45, 2.75) is 25.7 Å². The fourth-order valence-electron chi connectivity index (χ4n) is 3.11. The van der Waals surface area contributed by atoms with E-state index in [1.54, 1.807) is 0 Å². The van der Waals surface area contributed by atoms with E-state index in [1.165, 1.54) is 12.8 Å². The second-order valence-electron chi connectivity index (χ2n) is 4.82. The summed E-state index contributed by atoms with van der Waals surface area (Å²) in [5.74, 6) is 2.21. The lowest BCUT2D eigenvalue weighted by molar-refractivity contribution is 0.0323. The van der Waals surface area contributed by atoms with E-state index in [2.05, 4.69) is 12.2 Å². The van der Waals surface area contributed by atoms with Gasteiger partial charge in [-0.05, 0) is 49.4 Å². The van der Waals surface area contributed by atoms with E-state index in [9.17, 15) is 10.2 Å². The van der Waals surface area contributed by atoms with Gasteiger partial charge in [-0.25, -0.2) is 0 Å². The molecule has 0 heterocycles. The van der Waals surface area contributed by atoms with Gasteiger partial charge in [-0.15, -0.1) is 0 Å². The molecule has 0 aliphatic heterocycles. The van der Waals surface area contributed by atoms with Crippen molar-refractivity contribution in [3.8, 4) is 0 Å². The van der Waals surface area contributed by atoms with Crippen LogP contribution < -0.4 is 0 Å². The van der Waals surface area contributed by atoms with Crippen molar-refractivity contribution in [2.24, 2.45) is 23.7 Å². The molecule has 2 aliphatic rings. The molecule has 2 N–H and O–H groups in total. The topological polar surface area (TPSA) is 40.5 Å². The highest BCUT2D eigenvalue weighted by molar-refractivity contribution is 4.98. The molecule has 80 valence electrons. The summed E-state index contributed by atoms with van der Waals surface area (Å²) in [5, 5.41) is 18.5. The highest BCUT2D eigenvalue weighted by Gasteiger charge is 2.36. The van der Waals surface area contributed by atoms with E-state index >= 15 is 0 Å². The van der Waals surface area contributed by atoms with Gasteiger partial charge in [0, 0.05) is 13.2 Å². The van der Waals surface area contributed by atoms with Gasteiger partial charge in [0.25, 0.3) is 0 Å². The van der Waals surface area contributed by atoms with Gasteiger partial charge in [0.15, 0.2) is 0 Å². The van der Waals surface area contributed by atoms with Crippen molar-refractivity contribution in [3.63, 3.8) is 0 Å². The second kappa shape index (κ2) is 4.45. The van der Waals surface area contributed by atoms with Crippen LogP contribution in [-0.2, 0) is 0 Å². The normalized spacial score (nSPS) is 42.1. The molecule has 4 unspecified atom stereocenters. The van der Waals surface area contributed by atoms with Gasteiger partial charge in [0.2, 0.25) is 0 Å². The fraction of sp³-hybridized carbons (Fsp3) is 0.833. The first-order valence-electron chi connectivity index (χ1n) is 5.71. The van der Waals surface area contributed by atoms with E-state index in [-0.39, 0.29) is 13.2 Å². The molecule has 1 saturated carbocycles. The van der Waals surface area contributed by atoms with Crippen LogP contribution in [0.5, 0.6) is 0 Å². The average Bonchev–Trinajstić information content (AvgIpc) is 2.27. The van der Waals surface area contributed by atoms with Crippen molar-refractivity contribution >= 4 is 0 Å². The Bertz CT molecular complexity index is 190. The van der Waals surface area contributed by atoms with Crippen LogP contribution in [0.1, 0.15) is 25.7 Å². The molecule has 0 radical (unpaired) electrons. The maximum atomic E-state index is 9.25. The van der Waals surface area contributed by atoms with Gasteiger partial charge in [-0.1, -0.05) is 12.2 Å². The Balaban J connectivity index is 2.02. The number of allylic oxidation sites excluding steroid dienone is 2. The molecule has 0 saturated heterocycles. The predicted octanol–water partition coefficient (Wildman–Crippen LogP) is 1.58. The molecule has 0 bridgehead atoms. The monoisotopic (exact) mass is 196 g/mol. The Kier molecular flexibility index (Phi) is 3.24. The number of aliphatic hydroxyl groups is 2. The van der Waals surface area contributed by atoms with E-state index in [4.69, 9.17) is 0 Å². The third-order valence-electron chi connectivity index (χ3n) is 4.06.